The van der Waals surface area contributed by atoms with Crippen molar-refractivity contribution < 1.29 is 23.4 Å². The van der Waals surface area contributed by atoms with Crippen molar-refractivity contribution in [2.75, 3.05) is 26.4 Å². The molecule has 252 valence electrons. The first-order chi connectivity index (χ1) is 21.5. The van der Waals surface area contributed by atoms with Gasteiger partial charge in [0.2, 0.25) is 8.32 Å². The average molecular weight is 647 g/mol. The molecule has 0 amide bonds. The first-order valence-electron chi connectivity index (χ1n) is 18.2. The minimum atomic E-state index is -1.74. The molecule has 5 aliphatic carbocycles. The van der Waals surface area contributed by atoms with Gasteiger partial charge in [0.1, 0.15) is 0 Å². The number of rotatable bonds is 3. The van der Waals surface area contributed by atoms with Crippen molar-refractivity contribution in [3.8, 4) is 0 Å². The maximum atomic E-state index is 6.92. The van der Waals surface area contributed by atoms with Gasteiger partial charge in [0, 0.05) is 34.7 Å². The van der Waals surface area contributed by atoms with Crippen LogP contribution in [0.5, 0.6) is 0 Å². The van der Waals surface area contributed by atoms with Gasteiger partial charge in [-0.05, 0) is 105 Å². The molecule has 2 aliphatic heterocycles. The van der Waals surface area contributed by atoms with Crippen LogP contribution >= 0.6 is 0 Å². The van der Waals surface area contributed by atoms with Gasteiger partial charge >= 0.3 is 0 Å². The summed E-state index contributed by atoms with van der Waals surface area (Å²) in [6.45, 7) is 23.6. The third kappa shape index (κ3) is 4.89. The second kappa shape index (κ2) is 10.1. The molecule has 6 atom stereocenters. The lowest BCUT2D eigenvalue weighted by Crippen LogP contribution is -2.60. The SMILES string of the molecule is CC1(C)COC2(CC[C@@]34Cc5cc(C6(C)OCC(C)(C)CO6)ccc5C5C[C@]6(C)C(O[Si](C)(C)C)=CC[C@H]6[C@H](CC=C3C2)C54)OC1. The molecule has 0 N–H and O–H groups in total. The highest BCUT2D eigenvalue weighted by Gasteiger charge is 2.65. The summed E-state index contributed by atoms with van der Waals surface area (Å²) in [5, 5.41) is 0. The minimum Gasteiger partial charge on any atom is -0.547 e. The van der Waals surface area contributed by atoms with Crippen molar-refractivity contribution in [3.05, 3.63) is 58.4 Å². The maximum Gasteiger partial charge on any atom is 0.241 e. The Bertz CT molecular complexity index is 1460. The van der Waals surface area contributed by atoms with Crippen LogP contribution in [-0.2, 0) is 35.6 Å². The molecular formula is C40H58O5Si. The molecule has 1 aromatic carbocycles. The Kier molecular flexibility index (Phi) is 6.95. The predicted molar refractivity (Wildman–Crippen MR) is 184 cm³/mol. The van der Waals surface area contributed by atoms with E-state index in [2.05, 4.69) is 91.5 Å². The number of ether oxygens (including phenoxy) is 4. The van der Waals surface area contributed by atoms with Crippen LogP contribution in [0.3, 0.4) is 0 Å². The molecule has 2 saturated carbocycles. The van der Waals surface area contributed by atoms with E-state index in [0.29, 0.717) is 36.9 Å². The summed E-state index contributed by atoms with van der Waals surface area (Å²) in [5.41, 5.74) is 6.18. The third-order valence-electron chi connectivity index (χ3n) is 13.2. The first kappa shape index (κ1) is 31.8. The van der Waals surface area contributed by atoms with E-state index in [0.717, 1.165) is 57.3 Å². The molecule has 5 nitrogen and oxygen atoms in total. The molecule has 7 aliphatic rings. The number of fused-ring (bicyclic) bond motifs is 4. The standard InChI is InChI=1S/C40H58O5Si/c1-35(2)22-41-38(6,42-23-35)27-10-12-29-26(18-27)19-39-16-17-40(43-24-36(3,4)25-44-40)20-28(39)11-13-30-32-14-15-33(45-46(7,8)9)37(32,5)21-31(29)34(30)39/h10-12,15,18,30-32,34H,13-14,16-17,19-25H2,1-9H3/t30-,31?,32-,34?,37-,39+/m0/s1. The second-order valence-corrected chi connectivity index (χ2v) is 23.7. The summed E-state index contributed by atoms with van der Waals surface area (Å²) in [6.07, 6.45) is 12.8. The zero-order valence-electron chi connectivity index (χ0n) is 30.0. The molecule has 0 bridgehead atoms. The van der Waals surface area contributed by atoms with Crippen LogP contribution in [0.15, 0.2) is 41.7 Å². The molecule has 1 aromatic rings. The molecule has 2 unspecified atom stereocenters. The molecule has 2 saturated heterocycles. The Morgan fingerprint density at radius 1 is 0.783 bits per heavy atom. The fourth-order valence-corrected chi connectivity index (χ4v) is 11.8. The smallest absolute Gasteiger partial charge is 0.241 e. The first-order valence-corrected chi connectivity index (χ1v) is 21.6. The Morgan fingerprint density at radius 2 is 1.46 bits per heavy atom. The van der Waals surface area contributed by atoms with Crippen LogP contribution in [-0.4, -0.2) is 40.5 Å². The topological polar surface area (TPSA) is 46.2 Å². The molecule has 2 heterocycles. The zero-order valence-corrected chi connectivity index (χ0v) is 31.0. The Labute approximate surface area is 278 Å². The van der Waals surface area contributed by atoms with E-state index >= 15 is 0 Å². The van der Waals surface area contributed by atoms with Crippen molar-refractivity contribution >= 4 is 8.32 Å². The molecule has 46 heavy (non-hydrogen) atoms. The lowest BCUT2D eigenvalue weighted by molar-refractivity contribution is -0.311. The van der Waals surface area contributed by atoms with Crippen LogP contribution in [0.1, 0.15) is 103 Å². The Balaban J connectivity index is 1.21. The molecule has 2 spiro atoms. The zero-order chi connectivity index (χ0) is 32.5. The van der Waals surface area contributed by atoms with Crippen LogP contribution in [0.4, 0.5) is 0 Å². The highest BCUT2D eigenvalue weighted by Crippen LogP contribution is 2.72. The number of hydrogen-bond acceptors (Lipinski definition) is 5. The molecule has 0 aromatic heterocycles. The monoisotopic (exact) mass is 646 g/mol. The van der Waals surface area contributed by atoms with Crippen LogP contribution in [0.2, 0.25) is 19.6 Å². The quantitative estimate of drug-likeness (QED) is 0.242. The highest BCUT2D eigenvalue weighted by molar-refractivity contribution is 6.70. The molecule has 0 radical (unpaired) electrons. The minimum absolute atomic E-state index is 0.0335. The lowest BCUT2D eigenvalue weighted by atomic mass is 9.40. The van der Waals surface area contributed by atoms with Gasteiger partial charge in [-0.25, -0.2) is 0 Å². The van der Waals surface area contributed by atoms with Gasteiger partial charge in [0.05, 0.1) is 32.2 Å². The van der Waals surface area contributed by atoms with E-state index in [-0.39, 0.29) is 21.7 Å². The maximum absolute atomic E-state index is 6.92. The number of hydrogen-bond donors (Lipinski definition) is 0. The molecule has 4 fully saturated rings. The summed E-state index contributed by atoms with van der Waals surface area (Å²) in [5.74, 6) is 2.57. The molecule has 6 heteroatoms. The normalized spacial score (nSPS) is 39.7. The average Bonchev–Trinajstić information content (AvgIpc) is 3.30. The van der Waals surface area contributed by atoms with Crippen molar-refractivity contribution in [3.63, 3.8) is 0 Å². The van der Waals surface area contributed by atoms with Gasteiger partial charge in [-0.3, -0.25) is 0 Å². The van der Waals surface area contributed by atoms with Crippen LogP contribution in [0, 0.1) is 39.4 Å². The lowest BCUT2D eigenvalue weighted by Gasteiger charge is -2.65. The second-order valence-electron chi connectivity index (χ2n) is 19.3. The number of benzene rings is 1. The van der Waals surface area contributed by atoms with E-state index in [1.54, 1.807) is 11.1 Å². The Hall–Kier alpha value is -1.44. The Morgan fingerprint density at radius 3 is 2.13 bits per heavy atom. The van der Waals surface area contributed by atoms with Crippen molar-refractivity contribution in [2.45, 2.75) is 124 Å². The van der Waals surface area contributed by atoms with Crippen LogP contribution < -0.4 is 0 Å². The largest absolute Gasteiger partial charge is 0.547 e. The third-order valence-corrected chi connectivity index (χ3v) is 14.1. The van der Waals surface area contributed by atoms with E-state index in [1.807, 2.05) is 0 Å². The van der Waals surface area contributed by atoms with Gasteiger partial charge in [0.25, 0.3) is 0 Å². The highest BCUT2D eigenvalue weighted by atomic mass is 28.4. The molecule has 8 rings (SSSR count). The van der Waals surface area contributed by atoms with Gasteiger partial charge in [0.15, 0.2) is 11.6 Å². The summed E-state index contributed by atoms with van der Waals surface area (Å²) in [4.78, 5) is 0. The fraction of sp³-hybridized carbons (Fsp3) is 0.750. The summed E-state index contributed by atoms with van der Waals surface area (Å²) < 4.78 is 33.2. The van der Waals surface area contributed by atoms with Crippen molar-refractivity contribution in [1.82, 2.24) is 0 Å². The summed E-state index contributed by atoms with van der Waals surface area (Å²) in [6, 6.07) is 7.26. The van der Waals surface area contributed by atoms with Crippen LogP contribution in [0.25, 0.3) is 0 Å². The van der Waals surface area contributed by atoms with Crippen molar-refractivity contribution in [2.24, 2.45) is 39.4 Å². The fourth-order valence-electron chi connectivity index (χ4n) is 10.9. The van der Waals surface area contributed by atoms with Crippen molar-refractivity contribution in [1.29, 1.82) is 0 Å². The van der Waals surface area contributed by atoms with Gasteiger partial charge in [-0.15, -0.1) is 0 Å². The number of allylic oxidation sites excluding steroid dienone is 3. The van der Waals surface area contributed by atoms with Gasteiger partial charge in [-0.2, -0.15) is 0 Å². The summed E-state index contributed by atoms with van der Waals surface area (Å²) >= 11 is 0. The van der Waals surface area contributed by atoms with E-state index in [4.69, 9.17) is 23.4 Å². The van der Waals surface area contributed by atoms with E-state index in [1.165, 1.54) is 17.7 Å². The summed E-state index contributed by atoms with van der Waals surface area (Å²) in [7, 11) is -1.74. The van der Waals surface area contributed by atoms with E-state index in [9.17, 15) is 0 Å². The van der Waals surface area contributed by atoms with Gasteiger partial charge in [-0.1, -0.05) is 64.5 Å². The van der Waals surface area contributed by atoms with E-state index < -0.39 is 19.9 Å². The predicted octanol–water partition coefficient (Wildman–Crippen LogP) is 9.24. The van der Waals surface area contributed by atoms with Gasteiger partial charge < -0.3 is 23.4 Å². The molecular weight excluding hydrogens is 589 g/mol.